The number of hydrogen-bond acceptors (Lipinski definition) is 4. The van der Waals surface area contributed by atoms with Crippen molar-refractivity contribution in [1.29, 1.82) is 0 Å². The van der Waals surface area contributed by atoms with E-state index in [1.807, 2.05) is 28.9 Å². The van der Waals surface area contributed by atoms with E-state index in [0.717, 1.165) is 35.0 Å². The van der Waals surface area contributed by atoms with Crippen molar-refractivity contribution < 1.29 is 5.11 Å². The standard InChI is InChI=1S/C28H33ClN4O2/c1-27(2,3)12-11-18-7-10-23(29)20(13-18)17-33-24-14-19(8-9-22(24)25(34)32(33)6)21-15-30-26(31-16-21)28(4,5)35/h7-10,13-16,35H,11-12,17H2,1-6H3. The predicted octanol–water partition coefficient (Wildman–Crippen LogP) is 5.70. The van der Waals surface area contributed by atoms with Gasteiger partial charge >= 0.3 is 0 Å². The van der Waals surface area contributed by atoms with Gasteiger partial charge in [0.25, 0.3) is 5.56 Å². The van der Waals surface area contributed by atoms with Crippen molar-refractivity contribution in [3.8, 4) is 11.1 Å². The van der Waals surface area contributed by atoms with E-state index in [1.54, 1.807) is 38.0 Å². The molecule has 0 radical (unpaired) electrons. The van der Waals surface area contributed by atoms with Crippen LogP contribution in [0.2, 0.25) is 5.02 Å². The molecule has 0 saturated carbocycles. The first kappa shape index (κ1) is 25.1. The molecule has 0 amide bonds. The molecule has 0 saturated heterocycles. The summed E-state index contributed by atoms with van der Waals surface area (Å²) in [6.07, 6.45) is 5.45. The van der Waals surface area contributed by atoms with Crippen molar-refractivity contribution in [2.75, 3.05) is 0 Å². The maximum Gasteiger partial charge on any atom is 0.274 e. The van der Waals surface area contributed by atoms with Crippen molar-refractivity contribution in [2.24, 2.45) is 12.5 Å². The second-order valence-electron chi connectivity index (χ2n) is 11.0. The van der Waals surface area contributed by atoms with E-state index in [2.05, 4.69) is 42.9 Å². The summed E-state index contributed by atoms with van der Waals surface area (Å²) in [6.45, 7) is 10.5. The highest BCUT2D eigenvalue weighted by Crippen LogP contribution is 2.27. The zero-order valence-corrected chi connectivity index (χ0v) is 22.0. The van der Waals surface area contributed by atoms with Crippen LogP contribution in [0.15, 0.2) is 53.6 Å². The van der Waals surface area contributed by atoms with Crippen LogP contribution in [-0.4, -0.2) is 24.4 Å². The molecule has 7 heteroatoms. The van der Waals surface area contributed by atoms with Crippen molar-refractivity contribution in [2.45, 2.75) is 59.6 Å². The topological polar surface area (TPSA) is 72.9 Å². The van der Waals surface area contributed by atoms with E-state index < -0.39 is 5.60 Å². The molecule has 184 valence electrons. The van der Waals surface area contributed by atoms with E-state index in [1.165, 1.54) is 5.56 Å². The van der Waals surface area contributed by atoms with E-state index in [-0.39, 0.29) is 11.0 Å². The quantitative estimate of drug-likeness (QED) is 0.374. The summed E-state index contributed by atoms with van der Waals surface area (Å²) in [5, 5.41) is 11.5. The Hall–Kier alpha value is -2.96. The molecule has 4 aromatic rings. The van der Waals surface area contributed by atoms with Gasteiger partial charge in [0.1, 0.15) is 5.60 Å². The molecule has 0 aliphatic heterocycles. The number of benzene rings is 2. The zero-order chi connectivity index (χ0) is 25.5. The monoisotopic (exact) mass is 492 g/mol. The third kappa shape index (κ3) is 5.49. The zero-order valence-electron chi connectivity index (χ0n) is 21.3. The number of halogens is 1. The number of nitrogens with zero attached hydrogens (tertiary/aromatic N) is 4. The number of hydrogen-bond donors (Lipinski definition) is 1. The van der Waals surface area contributed by atoms with Gasteiger partial charge < -0.3 is 5.11 Å². The van der Waals surface area contributed by atoms with E-state index in [4.69, 9.17) is 11.6 Å². The highest BCUT2D eigenvalue weighted by atomic mass is 35.5. The van der Waals surface area contributed by atoms with Crippen LogP contribution in [0, 0.1) is 5.41 Å². The molecular weight excluding hydrogens is 460 g/mol. The highest BCUT2D eigenvalue weighted by molar-refractivity contribution is 6.31. The van der Waals surface area contributed by atoms with E-state index in [0.29, 0.717) is 22.8 Å². The van der Waals surface area contributed by atoms with Crippen LogP contribution in [0.1, 0.15) is 58.0 Å². The fourth-order valence-electron chi connectivity index (χ4n) is 4.12. The summed E-state index contributed by atoms with van der Waals surface area (Å²) in [4.78, 5) is 21.6. The molecule has 1 N–H and O–H groups in total. The fraction of sp³-hybridized carbons (Fsp3) is 0.393. The SMILES string of the molecule is Cn1c(=O)c2ccc(-c3cnc(C(C)(C)O)nc3)cc2n1Cc1cc(CCC(C)(C)C)ccc1Cl. The number of aryl methyl sites for hydroxylation is 1. The Morgan fingerprint density at radius 3 is 2.29 bits per heavy atom. The minimum atomic E-state index is -1.11. The molecule has 4 rings (SSSR count). The van der Waals surface area contributed by atoms with Crippen LogP contribution in [-0.2, 0) is 25.6 Å². The maximum atomic E-state index is 13.0. The van der Waals surface area contributed by atoms with Gasteiger partial charge in [0.05, 0.1) is 17.4 Å². The molecule has 0 atom stereocenters. The molecule has 0 spiro atoms. The fourth-order valence-corrected chi connectivity index (χ4v) is 4.30. The van der Waals surface area contributed by atoms with Crippen molar-refractivity contribution in [3.63, 3.8) is 0 Å². The summed E-state index contributed by atoms with van der Waals surface area (Å²) < 4.78 is 3.60. The van der Waals surface area contributed by atoms with Gasteiger partial charge in [-0.05, 0) is 67.0 Å². The minimum Gasteiger partial charge on any atom is -0.382 e. The summed E-state index contributed by atoms with van der Waals surface area (Å²) in [5.41, 5.74) is 3.83. The van der Waals surface area contributed by atoms with Crippen LogP contribution in [0.4, 0.5) is 0 Å². The minimum absolute atomic E-state index is 0.0554. The summed E-state index contributed by atoms with van der Waals surface area (Å²) in [5.74, 6) is 0.361. The van der Waals surface area contributed by atoms with Gasteiger partial charge in [-0.1, -0.05) is 50.6 Å². The molecule has 0 aliphatic rings. The summed E-state index contributed by atoms with van der Waals surface area (Å²) in [6, 6.07) is 11.9. The Bertz CT molecular complexity index is 1420. The Kier molecular flexibility index (Phi) is 6.64. The Balaban J connectivity index is 1.72. The Labute approximate surface area is 211 Å². The second-order valence-corrected chi connectivity index (χ2v) is 11.4. The van der Waals surface area contributed by atoms with Gasteiger partial charge in [0, 0.05) is 30.0 Å². The van der Waals surface area contributed by atoms with E-state index >= 15 is 0 Å². The molecule has 2 aromatic carbocycles. The highest BCUT2D eigenvalue weighted by Gasteiger charge is 2.20. The predicted molar refractivity (Wildman–Crippen MR) is 142 cm³/mol. The maximum absolute atomic E-state index is 13.0. The van der Waals surface area contributed by atoms with Crippen LogP contribution in [0.25, 0.3) is 22.0 Å². The van der Waals surface area contributed by atoms with Gasteiger partial charge in [-0.2, -0.15) is 0 Å². The first-order valence-corrected chi connectivity index (χ1v) is 12.2. The van der Waals surface area contributed by atoms with Gasteiger partial charge in [-0.25, -0.2) is 9.97 Å². The van der Waals surface area contributed by atoms with Crippen LogP contribution < -0.4 is 5.56 Å². The first-order valence-electron chi connectivity index (χ1n) is 11.9. The molecule has 0 fully saturated rings. The van der Waals surface area contributed by atoms with E-state index in [9.17, 15) is 9.90 Å². The molecule has 2 aromatic heterocycles. The average molecular weight is 493 g/mol. The van der Waals surface area contributed by atoms with Gasteiger partial charge in [0.15, 0.2) is 5.82 Å². The Morgan fingerprint density at radius 2 is 1.66 bits per heavy atom. The number of aromatic nitrogens is 4. The van der Waals surface area contributed by atoms with Crippen molar-refractivity contribution in [3.05, 3.63) is 81.1 Å². The van der Waals surface area contributed by atoms with Crippen molar-refractivity contribution >= 4 is 22.5 Å². The number of rotatable bonds is 6. The molecule has 0 aliphatic carbocycles. The lowest BCUT2D eigenvalue weighted by Gasteiger charge is -2.18. The lowest BCUT2D eigenvalue weighted by atomic mass is 9.88. The van der Waals surface area contributed by atoms with Gasteiger partial charge in [-0.15, -0.1) is 0 Å². The molecule has 2 heterocycles. The third-order valence-electron chi connectivity index (χ3n) is 6.29. The molecule has 0 bridgehead atoms. The van der Waals surface area contributed by atoms with Gasteiger partial charge in [0.2, 0.25) is 0 Å². The molecule has 0 unspecified atom stereocenters. The molecular formula is C28H33ClN4O2. The summed E-state index contributed by atoms with van der Waals surface area (Å²) >= 11 is 6.59. The van der Waals surface area contributed by atoms with Crippen LogP contribution in [0.3, 0.4) is 0 Å². The number of fused-ring (bicyclic) bond motifs is 1. The first-order chi connectivity index (χ1) is 16.3. The Morgan fingerprint density at radius 1 is 0.971 bits per heavy atom. The lowest BCUT2D eigenvalue weighted by Crippen LogP contribution is -2.19. The van der Waals surface area contributed by atoms with Crippen molar-refractivity contribution in [1.82, 2.24) is 19.3 Å². The van der Waals surface area contributed by atoms with Crippen LogP contribution >= 0.6 is 11.6 Å². The lowest BCUT2D eigenvalue weighted by molar-refractivity contribution is 0.0687. The normalized spacial score (nSPS) is 12.5. The second kappa shape index (κ2) is 9.25. The smallest absolute Gasteiger partial charge is 0.274 e. The molecule has 6 nitrogen and oxygen atoms in total. The molecule has 35 heavy (non-hydrogen) atoms. The third-order valence-corrected chi connectivity index (χ3v) is 6.66. The summed E-state index contributed by atoms with van der Waals surface area (Å²) in [7, 11) is 1.78. The van der Waals surface area contributed by atoms with Gasteiger partial charge in [-0.3, -0.25) is 14.2 Å². The average Bonchev–Trinajstić information content (AvgIpc) is 3.03. The largest absolute Gasteiger partial charge is 0.382 e. The van der Waals surface area contributed by atoms with Crippen LogP contribution in [0.5, 0.6) is 0 Å². The number of aliphatic hydroxyl groups is 1.